The second-order valence-electron chi connectivity index (χ2n) is 4.05. The standard InChI is InChI=1S/C13H12N6O2/c14-8-10-1-2-11(12(7-10)19(20)21)16-5-6-18-13-9-15-3-4-17-13/h1-4,7,9,16H,5-6H2,(H,17,18). The lowest BCUT2D eigenvalue weighted by molar-refractivity contribution is -0.384. The van der Waals surface area contributed by atoms with Crippen molar-refractivity contribution in [2.75, 3.05) is 23.7 Å². The number of nitro benzene ring substituents is 1. The maximum atomic E-state index is 11.0. The lowest BCUT2D eigenvalue weighted by Gasteiger charge is -2.08. The number of nitriles is 1. The maximum absolute atomic E-state index is 11.0. The maximum Gasteiger partial charge on any atom is 0.293 e. The van der Waals surface area contributed by atoms with Gasteiger partial charge in [-0.3, -0.25) is 15.1 Å². The van der Waals surface area contributed by atoms with Crippen molar-refractivity contribution in [3.8, 4) is 6.07 Å². The molecule has 0 aliphatic heterocycles. The fraction of sp³-hybridized carbons (Fsp3) is 0.154. The summed E-state index contributed by atoms with van der Waals surface area (Å²) >= 11 is 0. The highest BCUT2D eigenvalue weighted by Gasteiger charge is 2.14. The molecule has 0 fully saturated rings. The zero-order valence-corrected chi connectivity index (χ0v) is 11.0. The van der Waals surface area contributed by atoms with E-state index in [4.69, 9.17) is 5.26 Å². The van der Waals surface area contributed by atoms with Crippen molar-refractivity contribution < 1.29 is 4.92 Å². The number of aromatic nitrogens is 2. The second kappa shape index (κ2) is 6.81. The van der Waals surface area contributed by atoms with Crippen LogP contribution in [0.25, 0.3) is 0 Å². The monoisotopic (exact) mass is 284 g/mol. The van der Waals surface area contributed by atoms with Gasteiger partial charge in [0.1, 0.15) is 11.5 Å². The van der Waals surface area contributed by atoms with Gasteiger partial charge >= 0.3 is 0 Å². The van der Waals surface area contributed by atoms with Crippen LogP contribution in [0.4, 0.5) is 17.2 Å². The third-order valence-corrected chi connectivity index (χ3v) is 2.63. The Kier molecular flexibility index (Phi) is 4.61. The molecule has 0 radical (unpaired) electrons. The van der Waals surface area contributed by atoms with Crippen LogP contribution in [0.15, 0.2) is 36.8 Å². The summed E-state index contributed by atoms with van der Waals surface area (Å²) in [5, 5.41) is 25.7. The van der Waals surface area contributed by atoms with E-state index in [1.54, 1.807) is 18.6 Å². The Bertz CT molecular complexity index is 668. The third kappa shape index (κ3) is 3.87. The molecular weight excluding hydrogens is 272 g/mol. The van der Waals surface area contributed by atoms with Crippen LogP contribution in [0.5, 0.6) is 0 Å². The van der Waals surface area contributed by atoms with Gasteiger partial charge in [0.15, 0.2) is 0 Å². The van der Waals surface area contributed by atoms with Crippen LogP contribution in [-0.4, -0.2) is 28.0 Å². The van der Waals surface area contributed by atoms with Crippen LogP contribution in [0.1, 0.15) is 5.56 Å². The highest BCUT2D eigenvalue weighted by atomic mass is 16.6. The van der Waals surface area contributed by atoms with Crippen LogP contribution >= 0.6 is 0 Å². The Balaban J connectivity index is 1.94. The molecule has 1 aromatic heterocycles. The first kappa shape index (κ1) is 14.2. The topological polar surface area (TPSA) is 117 Å². The van der Waals surface area contributed by atoms with Crippen molar-refractivity contribution in [1.29, 1.82) is 5.26 Å². The molecule has 8 heteroatoms. The number of nitrogens with one attached hydrogen (secondary N) is 2. The molecule has 0 atom stereocenters. The summed E-state index contributed by atoms with van der Waals surface area (Å²) < 4.78 is 0. The summed E-state index contributed by atoms with van der Waals surface area (Å²) in [6, 6.07) is 6.19. The van der Waals surface area contributed by atoms with Crippen molar-refractivity contribution >= 4 is 17.2 Å². The van der Waals surface area contributed by atoms with Gasteiger partial charge in [-0.1, -0.05) is 0 Å². The lowest BCUT2D eigenvalue weighted by atomic mass is 10.2. The van der Waals surface area contributed by atoms with Crippen molar-refractivity contribution in [1.82, 2.24) is 9.97 Å². The Morgan fingerprint density at radius 1 is 1.29 bits per heavy atom. The van der Waals surface area contributed by atoms with Crippen molar-refractivity contribution in [3.63, 3.8) is 0 Å². The minimum atomic E-state index is -0.515. The van der Waals surface area contributed by atoms with Gasteiger partial charge in [0.2, 0.25) is 0 Å². The minimum Gasteiger partial charge on any atom is -0.378 e. The Labute approximate surface area is 120 Å². The van der Waals surface area contributed by atoms with Crippen LogP contribution in [-0.2, 0) is 0 Å². The summed E-state index contributed by atoms with van der Waals surface area (Å²) in [7, 11) is 0. The van der Waals surface area contributed by atoms with Gasteiger partial charge in [0.05, 0.1) is 22.8 Å². The summed E-state index contributed by atoms with van der Waals surface area (Å²) in [5.41, 5.74) is 0.512. The minimum absolute atomic E-state index is 0.117. The smallest absolute Gasteiger partial charge is 0.293 e. The molecule has 2 aromatic rings. The number of benzene rings is 1. The number of hydrogen-bond donors (Lipinski definition) is 2. The van der Waals surface area contributed by atoms with E-state index in [1.807, 2.05) is 6.07 Å². The molecule has 106 valence electrons. The fourth-order valence-electron chi connectivity index (χ4n) is 1.68. The van der Waals surface area contributed by atoms with Crippen LogP contribution in [0.2, 0.25) is 0 Å². The number of nitro groups is 1. The molecule has 0 saturated heterocycles. The SMILES string of the molecule is N#Cc1ccc(NCCNc2cnccn2)c([N+](=O)[O-])c1. The molecule has 0 unspecified atom stereocenters. The molecule has 2 N–H and O–H groups in total. The summed E-state index contributed by atoms with van der Waals surface area (Å²) in [6.07, 6.45) is 4.73. The van der Waals surface area contributed by atoms with E-state index < -0.39 is 4.92 Å². The number of hydrogen-bond acceptors (Lipinski definition) is 7. The zero-order valence-electron chi connectivity index (χ0n) is 11.0. The van der Waals surface area contributed by atoms with Gasteiger partial charge in [-0.2, -0.15) is 5.26 Å². The van der Waals surface area contributed by atoms with E-state index in [0.717, 1.165) is 0 Å². The molecule has 0 aliphatic carbocycles. The van der Waals surface area contributed by atoms with Crippen LogP contribution < -0.4 is 10.6 Å². The second-order valence-corrected chi connectivity index (χ2v) is 4.05. The molecule has 1 aromatic carbocycles. The molecule has 21 heavy (non-hydrogen) atoms. The van der Waals surface area contributed by atoms with Gasteiger partial charge in [-0.05, 0) is 12.1 Å². The highest BCUT2D eigenvalue weighted by molar-refractivity contribution is 5.64. The summed E-state index contributed by atoms with van der Waals surface area (Å²) in [6.45, 7) is 0.985. The molecular formula is C13H12N6O2. The van der Waals surface area contributed by atoms with E-state index in [2.05, 4.69) is 20.6 Å². The predicted octanol–water partition coefficient (Wildman–Crippen LogP) is 1.78. The molecule has 8 nitrogen and oxygen atoms in total. The molecule has 0 aliphatic rings. The first-order valence-electron chi connectivity index (χ1n) is 6.13. The van der Waals surface area contributed by atoms with Gasteiger partial charge in [0.25, 0.3) is 5.69 Å². The van der Waals surface area contributed by atoms with Gasteiger partial charge in [0, 0.05) is 31.5 Å². The van der Waals surface area contributed by atoms with Crippen LogP contribution in [0.3, 0.4) is 0 Å². The largest absolute Gasteiger partial charge is 0.378 e. The third-order valence-electron chi connectivity index (χ3n) is 2.63. The zero-order chi connectivity index (χ0) is 15.1. The van der Waals surface area contributed by atoms with E-state index in [9.17, 15) is 10.1 Å². The number of nitrogens with zero attached hydrogens (tertiary/aromatic N) is 4. The van der Waals surface area contributed by atoms with Crippen molar-refractivity contribution in [2.24, 2.45) is 0 Å². The van der Waals surface area contributed by atoms with Gasteiger partial charge in [-0.15, -0.1) is 0 Å². The number of rotatable bonds is 6. The first-order chi connectivity index (χ1) is 10.2. The predicted molar refractivity (Wildman–Crippen MR) is 76.8 cm³/mol. The van der Waals surface area contributed by atoms with E-state index in [1.165, 1.54) is 18.2 Å². The normalized spacial score (nSPS) is 9.67. The molecule has 0 saturated carbocycles. The molecule has 0 amide bonds. The van der Waals surface area contributed by atoms with E-state index in [0.29, 0.717) is 24.6 Å². The Hall–Kier alpha value is -3.21. The van der Waals surface area contributed by atoms with Gasteiger partial charge in [-0.25, -0.2) is 4.98 Å². The average molecular weight is 284 g/mol. The van der Waals surface area contributed by atoms with Crippen molar-refractivity contribution in [2.45, 2.75) is 0 Å². The highest BCUT2D eigenvalue weighted by Crippen LogP contribution is 2.24. The fourth-order valence-corrected chi connectivity index (χ4v) is 1.68. The Morgan fingerprint density at radius 2 is 2.10 bits per heavy atom. The molecule has 0 spiro atoms. The molecule has 2 rings (SSSR count). The lowest BCUT2D eigenvalue weighted by Crippen LogP contribution is -2.15. The summed E-state index contributed by atoms with van der Waals surface area (Å²) in [5.74, 6) is 0.633. The van der Waals surface area contributed by atoms with Gasteiger partial charge < -0.3 is 10.6 Å². The van der Waals surface area contributed by atoms with E-state index in [-0.39, 0.29) is 11.3 Å². The van der Waals surface area contributed by atoms with Crippen LogP contribution in [0, 0.1) is 21.4 Å². The molecule has 1 heterocycles. The molecule has 0 bridgehead atoms. The Morgan fingerprint density at radius 3 is 2.76 bits per heavy atom. The first-order valence-corrected chi connectivity index (χ1v) is 6.13. The summed E-state index contributed by atoms with van der Waals surface area (Å²) in [4.78, 5) is 18.4. The average Bonchev–Trinajstić information content (AvgIpc) is 2.52. The quantitative estimate of drug-likeness (QED) is 0.471. The number of anilines is 2. The van der Waals surface area contributed by atoms with Crippen molar-refractivity contribution in [3.05, 3.63) is 52.5 Å². The van der Waals surface area contributed by atoms with E-state index >= 15 is 0 Å².